The van der Waals surface area contributed by atoms with E-state index in [1.54, 1.807) is 0 Å². The number of aromatic amines is 1. The highest BCUT2D eigenvalue weighted by Gasteiger charge is 2.30. The SMILES string of the molecule is O=C(NC1CCC(NS(=O)(=O)c2cccc(F)c2)CC1)O[C@@H]1CCN(c2cn[nH]c(=O)c2Cl)C1. The van der Waals surface area contributed by atoms with Crippen LogP contribution in [-0.4, -0.2) is 56.0 Å². The van der Waals surface area contributed by atoms with E-state index in [9.17, 15) is 22.4 Å². The number of amides is 1. The Hall–Kier alpha value is -2.70. The van der Waals surface area contributed by atoms with Crippen molar-refractivity contribution >= 4 is 33.4 Å². The number of nitrogens with zero attached hydrogens (tertiary/aromatic N) is 2. The van der Waals surface area contributed by atoms with Gasteiger partial charge in [0.1, 0.15) is 16.9 Å². The Kier molecular flexibility index (Phi) is 7.39. The summed E-state index contributed by atoms with van der Waals surface area (Å²) in [6, 6.07) is 4.44. The van der Waals surface area contributed by atoms with Crippen LogP contribution in [0.15, 0.2) is 40.2 Å². The van der Waals surface area contributed by atoms with Gasteiger partial charge in [0.05, 0.1) is 23.3 Å². The normalized spacial score (nSPS) is 23.0. The van der Waals surface area contributed by atoms with Crippen LogP contribution in [0.25, 0.3) is 0 Å². The predicted octanol–water partition coefficient (Wildman–Crippen LogP) is 2.16. The van der Waals surface area contributed by atoms with Crippen LogP contribution in [0.4, 0.5) is 14.9 Å². The molecule has 1 atom stereocenters. The summed E-state index contributed by atoms with van der Waals surface area (Å²) in [6.45, 7) is 0.965. The van der Waals surface area contributed by atoms with Crippen molar-refractivity contribution in [1.82, 2.24) is 20.2 Å². The number of halogens is 2. The highest BCUT2D eigenvalue weighted by molar-refractivity contribution is 7.89. The third-order valence-corrected chi connectivity index (χ3v) is 7.90. The number of ether oxygens (including phenoxy) is 1. The van der Waals surface area contributed by atoms with Crippen LogP contribution in [0.1, 0.15) is 32.1 Å². The Bertz CT molecular complexity index is 1200. The number of carbonyl (C=O) groups excluding carboxylic acids is 1. The summed E-state index contributed by atoms with van der Waals surface area (Å²) in [5.74, 6) is -0.614. The number of nitrogens with one attached hydrogen (secondary N) is 3. The van der Waals surface area contributed by atoms with Gasteiger partial charge in [0, 0.05) is 25.0 Å². The van der Waals surface area contributed by atoms with Crippen LogP contribution in [0.2, 0.25) is 5.02 Å². The number of aromatic nitrogens is 2. The molecule has 13 heteroatoms. The van der Waals surface area contributed by atoms with Crippen LogP contribution in [0.3, 0.4) is 0 Å². The van der Waals surface area contributed by atoms with Gasteiger partial charge in [-0.3, -0.25) is 4.79 Å². The molecule has 1 aliphatic carbocycles. The fraction of sp³-hybridized carbons (Fsp3) is 0.476. The lowest BCUT2D eigenvalue weighted by Gasteiger charge is -2.29. The van der Waals surface area contributed by atoms with Crippen molar-refractivity contribution in [2.24, 2.45) is 0 Å². The predicted molar refractivity (Wildman–Crippen MR) is 123 cm³/mol. The van der Waals surface area contributed by atoms with Gasteiger partial charge in [0.2, 0.25) is 10.0 Å². The molecule has 2 fully saturated rings. The van der Waals surface area contributed by atoms with E-state index < -0.39 is 27.5 Å². The van der Waals surface area contributed by atoms with Crippen molar-refractivity contribution < 1.29 is 22.3 Å². The van der Waals surface area contributed by atoms with E-state index in [-0.39, 0.29) is 28.1 Å². The quantitative estimate of drug-likeness (QED) is 0.539. The second-order valence-corrected chi connectivity index (χ2v) is 10.5. The molecule has 0 bridgehead atoms. The Morgan fingerprint density at radius 2 is 1.94 bits per heavy atom. The second-order valence-electron chi connectivity index (χ2n) is 8.43. The molecule has 1 amide bonds. The van der Waals surface area contributed by atoms with Gasteiger partial charge < -0.3 is 15.0 Å². The molecule has 2 aliphatic rings. The van der Waals surface area contributed by atoms with Crippen molar-refractivity contribution in [1.29, 1.82) is 0 Å². The van der Waals surface area contributed by atoms with Gasteiger partial charge in [0.25, 0.3) is 5.56 Å². The molecule has 184 valence electrons. The zero-order valence-corrected chi connectivity index (χ0v) is 19.7. The standard InChI is InChI=1S/C21H25ClFN5O5S/c22-19-18(11-24-26-20(19)29)28-9-8-16(12-28)33-21(30)25-14-4-6-15(7-5-14)27-34(31,32)17-3-1-2-13(23)10-17/h1-3,10-11,14-16,27H,4-9,12H2,(H,25,30)(H,26,29)/t14?,15?,16-/m1/s1. The number of sulfonamides is 1. The summed E-state index contributed by atoms with van der Waals surface area (Å²) in [6.07, 6.45) is 3.39. The van der Waals surface area contributed by atoms with E-state index in [0.717, 1.165) is 6.07 Å². The Balaban J connectivity index is 1.22. The van der Waals surface area contributed by atoms with Crippen molar-refractivity contribution in [3.63, 3.8) is 0 Å². The van der Waals surface area contributed by atoms with Crippen LogP contribution in [0, 0.1) is 5.82 Å². The minimum Gasteiger partial charge on any atom is -0.444 e. The van der Waals surface area contributed by atoms with Gasteiger partial charge >= 0.3 is 6.09 Å². The van der Waals surface area contributed by atoms with Gasteiger partial charge in [-0.2, -0.15) is 5.10 Å². The van der Waals surface area contributed by atoms with Gasteiger partial charge in [-0.1, -0.05) is 17.7 Å². The summed E-state index contributed by atoms with van der Waals surface area (Å²) in [4.78, 5) is 25.7. The Morgan fingerprint density at radius 3 is 2.68 bits per heavy atom. The maximum atomic E-state index is 13.4. The van der Waals surface area contributed by atoms with E-state index >= 15 is 0 Å². The van der Waals surface area contributed by atoms with E-state index in [0.29, 0.717) is 50.9 Å². The number of H-pyrrole nitrogens is 1. The molecule has 0 unspecified atom stereocenters. The molecule has 1 aromatic heterocycles. The zero-order chi connectivity index (χ0) is 24.3. The van der Waals surface area contributed by atoms with Crippen molar-refractivity contribution in [3.8, 4) is 0 Å². The fourth-order valence-electron chi connectivity index (χ4n) is 4.27. The lowest BCUT2D eigenvalue weighted by atomic mass is 9.92. The molecule has 1 saturated heterocycles. The van der Waals surface area contributed by atoms with Crippen molar-refractivity contribution in [3.05, 3.63) is 51.7 Å². The minimum absolute atomic E-state index is 0.0462. The minimum atomic E-state index is -3.81. The summed E-state index contributed by atoms with van der Waals surface area (Å²) in [5.41, 5.74) is 0.0195. The van der Waals surface area contributed by atoms with Crippen molar-refractivity contribution in [2.75, 3.05) is 18.0 Å². The summed E-state index contributed by atoms with van der Waals surface area (Å²) in [5, 5.41) is 8.91. The van der Waals surface area contributed by atoms with Crippen LogP contribution < -0.4 is 20.5 Å². The van der Waals surface area contributed by atoms with Gasteiger partial charge in [-0.05, 0) is 43.9 Å². The third kappa shape index (κ3) is 5.86. The van der Waals surface area contributed by atoms with Gasteiger partial charge in [-0.15, -0.1) is 0 Å². The summed E-state index contributed by atoms with van der Waals surface area (Å²) < 4.78 is 46.4. The molecule has 10 nitrogen and oxygen atoms in total. The van der Waals surface area contributed by atoms with Crippen molar-refractivity contribution in [2.45, 2.75) is 55.2 Å². The molecule has 1 aliphatic heterocycles. The molecular weight excluding hydrogens is 489 g/mol. The number of rotatable bonds is 6. The molecule has 0 radical (unpaired) electrons. The smallest absolute Gasteiger partial charge is 0.407 e. The number of hydrogen-bond donors (Lipinski definition) is 3. The number of carbonyl (C=O) groups is 1. The lowest BCUT2D eigenvalue weighted by molar-refractivity contribution is 0.102. The maximum Gasteiger partial charge on any atom is 0.407 e. The van der Waals surface area contributed by atoms with Crippen LogP contribution in [-0.2, 0) is 14.8 Å². The molecule has 2 heterocycles. The molecule has 3 N–H and O–H groups in total. The first-order chi connectivity index (χ1) is 16.2. The number of hydrogen-bond acceptors (Lipinski definition) is 7. The maximum absolute atomic E-state index is 13.4. The Morgan fingerprint density at radius 1 is 1.21 bits per heavy atom. The monoisotopic (exact) mass is 513 g/mol. The molecule has 0 spiro atoms. The fourth-order valence-corrected chi connectivity index (χ4v) is 5.81. The van der Waals surface area contributed by atoms with E-state index in [4.69, 9.17) is 16.3 Å². The van der Waals surface area contributed by atoms with Gasteiger partial charge in [-0.25, -0.2) is 27.4 Å². The van der Waals surface area contributed by atoms with E-state index in [1.807, 2.05) is 4.90 Å². The number of anilines is 1. The zero-order valence-electron chi connectivity index (χ0n) is 18.2. The van der Waals surface area contributed by atoms with Gasteiger partial charge in [0.15, 0.2) is 0 Å². The molecule has 4 rings (SSSR count). The molecule has 1 saturated carbocycles. The topological polar surface area (TPSA) is 133 Å². The summed E-state index contributed by atoms with van der Waals surface area (Å²) in [7, 11) is -3.81. The second kappa shape index (κ2) is 10.3. The highest BCUT2D eigenvalue weighted by Crippen LogP contribution is 2.26. The van der Waals surface area contributed by atoms with E-state index in [1.165, 1.54) is 24.4 Å². The van der Waals surface area contributed by atoms with E-state index in [2.05, 4.69) is 20.2 Å². The first kappa shape index (κ1) is 24.4. The first-order valence-corrected chi connectivity index (χ1v) is 12.8. The average molecular weight is 514 g/mol. The number of alkyl carbamates (subject to hydrolysis) is 1. The third-order valence-electron chi connectivity index (χ3n) is 6.01. The van der Waals surface area contributed by atoms with Crippen LogP contribution >= 0.6 is 11.6 Å². The Labute approximate surface area is 200 Å². The van der Waals surface area contributed by atoms with Crippen LogP contribution in [0.5, 0.6) is 0 Å². The highest BCUT2D eigenvalue weighted by atomic mass is 35.5. The number of benzene rings is 1. The first-order valence-electron chi connectivity index (χ1n) is 10.9. The molecule has 1 aromatic carbocycles. The largest absolute Gasteiger partial charge is 0.444 e. The molecule has 34 heavy (non-hydrogen) atoms. The lowest BCUT2D eigenvalue weighted by Crippen LogP contribution is -2.44. The molecule has 2 aromatic rings. The molecular formula is C21H25ClFN5O5S. The summed E-state index contributed by atoms with van der Waals surface area (Å²) >= 11 is 6.04. The average Bonchev–Trinajstić information content (AvgIpc) is 3.25.